The van der Waals surface area contributed by atoms with Crippen LogP contribution in [-0.2, 0) is 16.0 Å². The molecule has 0 bridgehead atoms. The van der Waals surface area contributed by atoms with E-state index in [4.69, 9.17) is 11.6 Å². The Balaban J connectivity index is 1.88. The fraction of sp³-hybridized carbons (Fsp3) is 0.238. The number of hydrogen-bond acceptors (Lipinski definition) is 5. The molecule has 0 radical (unpaired) electrons. The van der Waals surface area contributed by atoms with Crippen LogP contribution in [0.4, 0.5) is 5.69 Å². The van der Waals surface area contributed by atoms with Crippen molar-refractivity contribution in [1.29, 1.82) is 0 Å². The summed E-state index contributed by atoms with van der Waals surface area (Å²) in [6.07, 6.45) is 0.516. The van der Waals surface area contributed by atoms with Crippen molar-refractivity contribution in [2.45, 2.75) is 25.5 Å². The number of imide groups is 1. The number of amides is 2. The third kappa shape index (κ3) is 4.68. The van der Waals surface area contributed by atoms with E-state index in [0.29, 0.717) is 27.5 Å². The Morgan fingerprint density at radius 2 is 1.66 bits per heavy atom. The third-order valence-corrected chi connectivity index (χ3v) is 5.72. The van der Waals surface area contributed by atoms with Crippen molar-refractivity contribution in [2.24, 2.45) is 0 Å². The van der Waals surface area contributed by atoms with Crippen LogP contribution in [-0.4, -0.2) is 33.4 Å². The Kier molecular flexibility index (Phi) is 6.39. The predicted molar refractivity (Wildman–Crippen MR) is 115 cm³/mol. The van der Waals surface area contributed by atoms with Crippen LogP contribution in [0.15, 0.2) is 53.4 Å². The predicted octanol–water partition coefficient (Wildman–Crippen LogP) is 4.71. The fourth-order valence-corrected chi connectivity index (χ4v) is 4.13. The van der Waals surface area contributed by atoms with Crippen molar-refractivity contribution >= 4 is 46.4 Å². The Labute approximate surface area is 177 Å². The van der Waals surface area contributed by atoms with Crippen LogP contribution >= 0.6 is 23.4 Å². The van der Waals surface area contributed by atoms with Crippen LogP contribution in [0.2, 0.25) is 5.02 Å². The number of nitro groups is 1. The fourth-order valence-electron chi connectivity index (χ4n) is 3.00. The summed E-state index contributed by atoms with van der Waals surface area (Å²) in [5.74, 6) is -0.697. The molecule has 0 N–H and O–H groups in total. The van der Waals surface area contributed by atoms with E-state index in [1.54, 1.807) is 12.1 Å². The summed E-state index contributed by atoms with van der Waals surface area (Å²) >= 11 is 7.23. The topological polar surface area (TPSA) is 80.5 Å². The SMILES string of the molecule is CC(C)SC1=C(c2ccc([N+](=O)[O-])cc2)C(=O)N(CCc2ccc(Cl)cc2)C1=O. The molecular formula is C21H19ClN2O4S. The van der Waals surface area contributed by atoms with Crippen molar-refractivity contribution in [2.75, 3.05) is 6.54 Å². The number of halogens is 1. The van der Waals surface area contributed by atoms with Crippen LogP contribution in [0, 0.1) is 10.1 Å². The zero-order valence-corrected chi connectivity index (χ0v) is 17.5. The van der Waals surface area contributed by atoms with E-state index >= 15 is 0 Å². The summed E-state index contributed by atoms with van der Waals surface area (Å²) in [4.78, 5) is 38.1. The van der Waals surface area contributed by atoms with Crippen LogP contribution in [0.3, 0.4) is 0 Å². The summed E-state index contributed by atoms with van der Waals surface area (Å²) < 4.78 is 0. The van der Waals surface area contributed by atoms with Gasteiger partial charge in [0.15, 0.2) is 0 Å². The minimum Gasteiger partial charge on any atom is -0.274 e. The molecule has 1 aliphatic heterocycles. The third-order valence-electron chi connectivity index (χ3n) is 4.38. The minimum atomic E-state index is -0.498. The summed E-state index contributed by atoms with van der Waals surface area (Å²) in [7, 11) is 0. The lowest BCUT2D eigenvalue weighted by atomic mass is 10.1. The highest BCUT2D eigenvalue weighted by atomic mass is 35.5. The lowest BCUT2D eigenvalue weighted by molar-refractivity contribution is -0.384. The molecule has 150 valence electrons. The van der Waals surface area contributed by atoms with Gasteiger partial charge in [-0.3, -0.25) is 24.6 Å². The maximum atomic E-state index is 13.1. The van der Waals surface area contributed by atoms with Gasteiger partial charge in [0, 0.05) is 29.0 Å². The van der Waals surface area contributed by atoms with E-state index in [9.17, 15) is 19.7 Å². The first-order valence-electron chi connectivity index (χ1n) is 9.04. The van der Waals surface area contributed by atoms with E-state index < -0.39 is 4.92 Å². The second-order valence-corrected chi connectivity index (χ2v) is 8.84. The number of benzene rings is 2. The number of non-ortho nitro benzene ring substituents is 1. The molecule has 8 heteroatoms. The first-order chi connectivity index (χ1) is 13.8. The second kappa shape index (κ2) is 8.80. The van der Waals surface area contributed by atoms with Crippen LogP contribution in [0.5, 0.6) is 0 Å². The van der Waals surface area contributed by atoms with E-state index in [1.807, 2.05) is 26.0 Å². The van der Waals surface area contributed by atoms with Gasteiger partial charge in [0.2, 0.25) is 0 Å². The first-order valence-corrected chi connectivity index (χ1v) is 10.3. The molecule has 0 saturated carbocycles. The zero-order chi connectivity index (χ0) is 21.1. The number of thioether (sulfide) groups is 1. The van der Waals surface area contributed by atoms with Gasteiger partial charge in [-0.2, -0.15) is 0 Å². The number of carbonyl (C=O) groups is 2. The number of rotatable bonds is 7. The Morgan fingerprint density at radius 1 is 1.03 bits per heavy atom. The molecule has 0 atom stereocenters. The molecule has 0 aromatic heterocycles. The largest absolute Gasteiger partial charge is 0.274 e. The highest BCUT2D eigenvalue weighted by Crippen LogP contribution is 2.38. The molecule has 2 amide bonds. The number of nitro benzene ring substituents is 1. The molecule has 0 spiro atoms. The minimum absolute atomic E-state index is 0.0659. The average Bonchev–Trinajstić information content (AvgIpc) is 2.91. The molecule has 0 saturated heterocycles. The zero-order valence-electron chi connectivity index (χ0n) is 15.9. The Bertz CT molecular complexity index is 985. The Hall–Kier alpha value is -2.64. The second-order valence-electron chi connectivity index (χ2n) is 6.81. The molecule has 6 nitrogen and oxygen atoms in total. The van der Waals surface area contributed by atoms with Gasteiger partial charge in [0.05, 0.1) is 15.4 Å². The van der Waals surface area contributed by atoms with Crippen LogP contribution in [0.1, 0.15) is 25.0 Å². The van der Waals surface area contributed by atoms with Crippen molar-refractivity contribution in [1.82, 2.24) is 4.90 Å². The molecule has 1 aliphatic rings. The summed E-state index contributed by atoms with van der Waals surface area (Å²) in [6.45, 7) is 4.14. The molecule has 29 heavy (non-hydrogen) atoms. The Morgan fingerprint density at radius 3 is 2.21 bits per heavy atom. The van der Waals surface area contributed by atoms with E-state index in [-0.39, 0.29) is 29.3 Å². The van der Waals surface area contributed by atoms with Gasteiger partial charge in [0.25, 0.3) is 17.5 Å². The molecule has 2 aromatic carbocycles. The standard InChI is InChI=1S/C21H19ClN2O4S/c1-13(2)29-19-18(15-5-9-17(10-6-15)24(27)28)20(25)23(21(19)26)12-11-14-3-7-16(22)8-4-14/h3-10,13H,11-12H2,1-2H3. The van der Waals surface area contributed by atoms with E-state index in [0.717, 1.165) is 5.56 Å². The van der Waals surface area contributed by atoms with E-state index in [2.05, 4.69) is 0 Å². The maximum absolute atomic E-state index is 13.1. The van der Waals surface area contributed by atoms with Crippen molar-refractivity contribution in [3.63, 3.8) is 0 Å². The monoisotopic (exact) mass is 430 g/mol. The van der Waals surface area contributed by atoms with Gasteiger partial charge >= 0.3 is 0 Å². The molecule has 0 aliphatic carbocycles. The van der Waals surface area contributed by atoms with E-state index in [1.165, 1.54) is 40.9 Å². The number of carbonyl (C=O) groups excluding carboxylic acids is 2. The average molecular weight is 431 g/mol. The number of nitrogens with zero attached hydrogens (tertiary/aromatic N) is 2. The van der Waals surface area contributed by atoms with Gasteiger partial charge in [-0.05, 0) is 41.8 Å². The summed E-state index contributed by atoms with van der Waals surface area (Å²) in [5, 5.41) is 11.6. The quantitative estimate of drug-likeness (QED) is 0.361. The molecule has 2 aromatic rings. The van der Waals surface area contributed by atoms with Crippen molar-refractivity contribution in [3.05, 3.63) is 79.7 Å². The molecule has 0 fully saturated rings. The summed E-state index contributed by atoms with van der Waals surface area (Å²) in [5.41, 5.74) is 1.71. The van der Waals surface area contributed by atoms with Crippen LogP contribution in [0.25, 0.3) is 5.57 Å². The lowest BCUT2D eigenvalue weighted by Crippen LogP contribution is -2.33. The smallest absolute Gasteiger partial charge is 0.269 e. The van der Waals surface area contributed by atoms with Gasteiger partial charge in [-0.1, -0.05) is 37.6 Å². The summed E-state index contributed by atoms with van der Waals surface area (Å²) in [6, 6.07) is 13.0. The molecule has 0 unspecified atom stereocenters. The van der Waals surface area contributed by atoms with Gasteiger partial charge < -0.3 is 0 Å². The molecular weight excluding hydrogens is 412 g/mol. The highest BCUT2D eigenvalue weighted by Gasteiger charge is 2.39. The highest BCUT2D eigenvalue weighted by molar-refractivity contribution is 8.04. The van der Waals surface area contributed by atoms with Crippen molar-refractivity contribution in [3.8, 4) is 0 Å². The number of hydrogen-bond donors (Lipinski definition) is 0. The van der Waals surface area contributed by atoms with Gasteiger partial charge in [0.1, 0.15) is 0 Å². The first kappa shape index (κ1) is 21.1. The maximum Gasteiger partial charge on any atom is 0.269 e. The molecule has 3 rings (SSSR count). The van der Waals surface area contributed by atoms with Crippen LogP contribution < -0.4 is 0 Å². The molecule has 1 heterocycles. The van der Waals surface area contributed by atoms with Gasteiger partial charge in [-0.25, -0.2) is 0 Å². The van der Waals surface area contributed by atoms with Gasteiger partial charge in [-0.15, -0.1) is 11.8 Å². The lowest BCUT2D eigenvalue weighted by Gasteiger charge is -2.15. The van der Waals surface area contributed by atoms with Crippen molar-refractivity contribution < 1.29 is 14.5 Å². The normalized spacial score (nSPS) is 14.3.